The molecule has 1 fully saturated rings. The lowest BCUT2D eigenvalue weighted by Crippen LogP contribution is -1.74. The maximum atomic E-state index is 7.05. The Morgan fingerprint density at radius 1 is 1.40 bits per heavy atom. The molecule has 4 atom stereocenters. The molecule has 0 bridgehead atoms. The smallest absolute Gasteiger partial charge is 0.0567 e. The molecule has 0 radical (unpaired) electrons. The maximum Gasteiger partial charge on any atom is 0.0567 e. The van der Waals surface area contributed by atoms with Crippen molar-refractivity contribution in [3.63, 3.8) is 0 Å². The molecule has 1 heteroatoms. The van der Waals surface area contributed by atoms with Crippen LogP contribution in [-0.2, 0) is 4.74 Å². The second-order valence-electron chi connectivity index (χ2n) is 0.793. The Labute approximate surface area is 37.6 Å². The highest BCUT2D eigenvalue weighted by atomic mass is 16.5. The fourth-order valence-electron chi connectivity index (χ4n) is 0.227. The van der Waals surface area contributed by atoms with Crippen LogP contribution in [0.25, 0.3) is 0 Å². The van der Waals surface area contributed by atoms with Gasteiger partial charge in [-0.1, -0.05) is 0 Å². The van der Waals surface area contributed by atoms with Crippen LogP contribution >= 0.6 is 0 Å². The molecule has 1 rings (SSSR count). The van der Waals surface area contributed by atoms with Crippen LogP contribution in [0.4, 0.5) is 0 Å². The molecule has 1 aliphatic rings. The van der Waals surface area contributed by atoms with Crippen molar-refractivity contribution in [2.75, 3.05) is 13.2 Å². The van der Waals surface area contributed by atoms with Gasteiger partial charge in [-0.3, -0.25) is 0 Å². The van der Waals surface area contributed by atoms with Gasteiger partial charge in [-0.25, -0.2) is 0 Å². The minimum atomic E-state index is -0.991. The van der Waals surface area contributed by atoms with Crippen molar-refractivity contribution in [3.05, 3.63) is 0 Å². The van der Waals surface area contributed by atoms with E-state index < -0.39 is 26.0 Å². The van der Waals surface area contributed by atoms with Crippen molar-refractivity contribution in [2.24, 2.45) is 0 Å². The highest BCUT2D eigenvalue weighted by Crippen LogP contribution is 1.98. The van der Waals surface area contributed by atoms with Crippen molar-refractivity contribution in [2.45, 2.75) is 12.8 Å². The molecule has 4 unspecified atom stereocenters. The van der Waals surface area contributed by atoms with Gasteiger partial charge in [0.25, 0.3) is 0 Å². The Kier molecular flexibility index (Phi) is 0.273. The quantitative estimate of drug-likeness (QED) is 0.414. The van der Waals surface area contributed by atoms with Gasteiger partial charge in [0.05, 0.1) is 2.74 Å². The summed E-state index contributed by atoms with van der Waals surface area (Å²) in [6.07, 6.45) is -1.74. The first-order valence-electron chi connectivity index (χ1n) is 3.78. The third kappa shape index (κ3) is 0.618. The average Bonchev–Trinajstić information content (AvgIpc) is 1.98. The second-order valence-corrected chi connectivity index (χ2v) is 0.793. The van der Waals surface area contributed by atoms with E-state index in [0.717, 1.165) is 0 Å². The number of hydrogen-bond donors (Lipinski definition) is 0. The van der Waals surface area contributed by atoms with E-state index >= 15 is 0 Å². The van der Waals surface area contributed by atoms with Crippen molar-refractivity contribution >= 4 is 0 Å². The van der Waals surface area contributed by atoms with E-state index in [1.807, 2.05) is 0 Å². The van der Waals surface area contributed by atoms with E-state index in [1.165, 1.54) is 0 Å². The van der Waals surface area contributed by atoms with Crippen LogP contribution in [0, 0.1) is 0 Å². The standard InChI is InChI=1S/C4H8O/c1-2-4-5-3-1/h1-4H2/i1D,2D,3D,4D. The van der Waals surface area contributed by atoms with Gasteiger partial charge in [0.1, 0.15) is 0 Å². The van der Waals surface area contributed by atoms with E-state index in [4.69, 9.17) is 5.48 Å². The van der Waals surface area contributed by atoms with Crippen molar-refractivity contribution in [3.8, 4) is 0 Å². The van der Waals surface area contributed by atoms with Crippen LogP contribution in [0.1, 0.15) is 18.3 Å². The fraction of sp³-hybridized carbons (Fsp3) is 1.00. The molecule has 0 aromatic rings. The average molecular weight is 76.1 g/mol. The minimum absolute atomic E-state index is 0.868. The lowest BCUT2D eigenvalue weighted by atomic mass is 10.4. The van der Waals surface area contributed by atoms with Gasteiger partial charge >= 0.3 is 0 Å². The Balaban J connectivity index is 2.54. The number of hydrogen-bond acceptors (Lipinski definition) is 1. The van der Waals surface area contributed by atoms with Gasteiger partial charge in [0.2, 0.25) is 0 Å². The van der Waals surface area contributed by atoms with E-state index in [1.54, 1.807) is 0 Å². The molecule has 0 saturated carbocycles. The molecule has 1 aliphatic heterocycles. The second kappa shape index (κ2) is 1.41. The Morgan fingerprint density at radius 2 is 2.00 bits per heavy atom. The maximum absolute atomic E-state index is 7.05. The van der Waals surface area contributed by atoms with E-state index in [0.29, 0.717) is 0 Å². The summed E-state index contributed by atoms with van der Waals surface area (Å²) in [5.74, 6) is 0. The summed E-state index contributed by atoms with van der Waals surface area (Å²) in [7, 11) is 0. The number of ether oxygens (including phenoxy) is 1. The normalized spacial score (nSPS) is 94.4. The molecule has 30 valence electrons. The molecular formula is C4H8O. The van der Waals surface area contributed by atoms with E-state index in [2.05, 4.69) is 4.74 Å². The summed E-state index contributed by atoms with van der Waals surface area (Å²) < 4.78 is 32.6. The first-order chi connectivity index (χ1) is 4.13. The monoisotopic (exact) mass is 76.1 g/mol. The molecule has 0 spiro atoms. The molecule has 1 saturated heterocycles. The molecule has 1 heterocycles. The molecule has 0 aromatic heterocycles. The first kappa shape index (κ1) is 0.969. The lowest BCUT2D eigenvalue weighted by molar-refractivity contribution is 0.198. The Bertz CT molecular complexity index is 96.7. The van der Waals surface area contributed by atoms with Crippen LogP contribution in [0.15, 0.2) is 0 Å². The van der Waals surface area contributed by atoms with Crippen LogP contribution in [-0.4, -0.2) is 13.2 Å². The summed E-state index contributed by atoms with van der Waals surface area (Å²) in [4.78, 5) is 0. The van der Waals surface area contributed by atoms with Crippen molar-refractivity contribution in [1.29, 1.82) is 0 Å². The van der Waals surface area contributed by atoms with Gasteiger partial charge < -0.3 is 4.74 Å². The first-order valence-corrected chi connectivity index (χ1v) is 1.47. The summed E-state index contributed by atoms with van der Waals surface area (Å²) in [6.45, 7) is -1.98. The zero-order valence-electron chi connectivity index (χ0n) is 6.72. The van der Waals surface area contributed by atoms with Crippen molar-refractivity contribution < 1.29 is 10.2 Å². The van der Waals surface area contributed by atoms with E-state index in [-0.39, 0.29) is 0 Å². The predicted molar refractivity (Wildman–Crippen MR) is 20.1 cm³/mol. The molecule has 5 heavy (non-hydrogen) atoms. The fourth-order valence-corrected chi connectivity index (χ4v) is 0.227. The topological polar surface area (TPSA) is 9.23 Å². The van der Waals surface area contributed by atoms with Crippen LogP contribution in [0.2, 0.25) is 0 Å². The highest BCUT2D eigenvalue weighted by molar-refractivity contribution is 4.43. The Morgan fingerprint density at radius 3 is 2.20 bits per heavy atom. The zero-order chi connectivity index (χ0) is 7.02. The van der Waals surface area contributed by atoms with Crippen LogP contribution in [0.5, 0.6) is 0 Å². The predicted octanol–water partition coefficient (Wildman–Crippen LogP) is 0.797. The summed E-state index contributed by atoms with van der Waals surface area (Å²) in [5, 5.41) is 0. The van der Waals surface area contributed by atoms with Gasteiger partial charge in [-0.05, 0) is 12.8 Å². The SMILES string of the molecule is [2H]C1OC([2H])C([2H])C1[2H]. The van der Waals surface area contributed by atoms with Gasteiger partial charge in [-0.2, -0.15) is 0 Å². The largest absolute Gasteiger partial charge is 0.381 e. The molecule has 0 N–H and O–H groups in total. The molecule has 0 aliphatic carbocycles. The third-order valence-corrected chi connectivity index (χ3v) is 0.425. The van der Waals surface area contributed by atoms with Gasteiger partial charge in [0, 0.05) is 15.9 Å². The van der Waals surface area contributed by atoms with Gasteiger partial charge in [0.15, 0.2) is 0 Å². The third-order valence-electron chi connectivity index (χ3n) is 0.425. The zero-order valence-corrected chi connectivity index (χ0v) is 2.72. The summed E-state index contributed by atoms with van der Waals surface area (Å²) in [5.41, 5.74) is 0. The van der Waals surface area contributed by atoms with Crippen LogP contribution < -0.4 is 0 Å². The highest BCUT2D eigenvalue weighted by Gasteiger charge is 1.94. The lowest BCUT2D eigenvalue weighted by Gasteiger charge is -1.76. The number of rotatable bonds is 0. The molecule has 0 aromatic carbocycles. The summed E-state index contributed by atoms with van der Waals surface area (Å²) in [6, 6.07) is 0. The van der Waals surface area contributed by atoms with Crippen LogP contribution in [0.3, 0.4) is 0 Å². The van der Waals surface area contributed by atoms with Gasteiger partial charge in [-0.15, -0.1) is 0 Å². The minimum Gasteiger partial charge on any atom is -0.381 e. The van der Waals surface area contributed by atoms with E-state index in [9.17, 15) is 0 Å². The molecule has 1 nitrogen and oxygen atoms in total. The molecular weight excluding hydrogens is 64.0 g/mol. The summed E-state index contributed by atoms with van der Waals surface area (Å²) >= 11 is 0. The molecule has 0 amide bonds. The van der Waals surface area contributed by atoms with Crippen molar-refractivity contribution in [1.82, 2.24) is 0 Å². The Hall–Kier alpha value is -0.0400.